The Morgan fingerprint density at radius 3 is 1.54 bits per heavy atom. The molecule has 0 saturated heterocycles. The maximum Gasteiger partial charge on any atom is 0.204 e. The van der Waals surface area contributed by atoms with E-state index in [1.54, 1.807) is 6.07 Å². The summed E-state index contributed by atoms with van der Waals surface area (Å²) in [7, 11) is 0.715. The van der Waals surface area contributed by atoms with Gasteiger partial charge in [0, 0.05) is 27.3 Å². The van der Waals surface area contributed by atoms with Crippen LogP contribution in [0.25, 0.3) is 43.8 Å². The van der Waals surface area contributed by atoms with Gasteiger partial charge in [0.05, 0.1) is 12.7 Å². The van der Waals surface area contributed by atoms with E-state index in [9.17, 15) is 17.6 Å². The van der Waals surface area contributed by atoms with Crippen LogP contribution in [0.4, 0.5) is 39.5 Å². The number of hydrogen-bond acceptors (Lipinski definition) is 1. The first-order valence-electron chi connectivity index (χ1n) is 10.5. The number of fused-ring (bicyclic) bond motifs is 2. The molecule has 0 spiro atoms. The van der Waals surface area contributed by atoms with Crippen molar-refractivity contribution in [3.63, 3.8) is 0 Å². The summed E-state index contributed by atoms with van der Waals surface area (Å²) in [6.07, 6.45) is 0. The Morgan fingerprint density at radius 2 is 1.00 bits per heavy atom. The first kappa shape index (κ1) is 24.5. The lowest BCUT2D eigenvalue weighted by Gasteiger charge is -2.21. The summed E-state index contributed by atoms with van der Waals surface area (Å²) in [6.45, 7) is 0. The van der Waals surface area contributed by atoms with Crippen LogP contribution in [0.1, 0.15) is 0 Å². The van der Waals surface area contributed by atoms with Crippen molar-refractivity contribution in [2.24, 2.45) is 0 Å². The average molecular weight is 522 g/mol. The number of methoxy groups -OCH3 is 1. The zero-order valence-corrected chi connectivity index (χ0v) is 18.4. The molecule has 0 aliphatic rings. The molecular weight excluding hydrogens is 511 g/mol. The van der Waals surface area contributed by atoms with E-state index in [0.29, 0.717) is 7.11 Å². The maximum atomic E-state index is 15.4. The number of ether oxygens (including phenoxy) is 1. The van der Waals surface area contributed by atoms with Gasteiger partial charge in [0.1, 0.15) is 5.82 Å². The zero-order valence-electron chi connectivity index (χ0n) is 18.4. The topological polar surface area (TPSA) is 9.23 Å². The number of hydrogen-bond donors (Lipinski definition) is 0. The van der Waals surface area contributed by atoms with Crippen LogP contribution in [-0.2, 0) is 0 Å². The largest absolute Gasteiger partial charge is 0.491 e. The molecule has 0 aliphatic heterocycles. The predicted molar refractivity (Wildman–Crippen MR) is 119 cm³/mol. The SMILES string of the molecule is COc1c(F)c(F)c(-c2c3c(F)cccc3c(-c3ccccc3)c3c(F)c(F)c(F)c(F)c23)c(F)c1F. The van der Waals surface area contributed by atoms with Crippen LogP contribution in [0.15, 0.2) is 48.5 Å². The molecule has 0 N–H and O–H groups in total. The van der Waals surface area contributed by atoms with Crippen molar-refractivity contribution in [1.82, 2.24) is 0 Å². The summed E-state index contributed by atoms with van der Waals surface area (Å²) in [5, 5.41) is -3.49. The maximum absolute atomic E-state index is 15.4. The molecule has 0 saturated carbocycles. The molecule has 0 bridgehead atoms. The molecule has 0 atom stereocenters. The first-order valence-corrected chi connectivity index (χ1v) is 10.5. The highest BCUT2D eigenvalue weighted by Gasteiger charge is 2.34. The van der Waals surface area contributed by atoms with Gasteiger partial charge in [-0.05, 0) is 17.0 Å². The molecule has 10 heteroatoms. The summed E-state index contributed by atoms with van der Waals surface area (Å²) < 4.78 is 139. The third-order valence-corrected chi connectivity index (χ3v) is 6.04. The Balaban J connectivity index is 2.19. The highest BCUT2D eigenvalue weighted by Crippen LogP contribution is 2.49. The Labute approximate surface area is 202 Å². The Hall–Kier alpha value is -4.21. The van der Waals surface area contributed by atoms with Crippen molar-refractivity contribution in [3.05, 3.63) is 101 Å². The lowest BCUT2D eigenvalue weighted by atomic mass is 9.84. The average Bonchev–Trinajstić information content (AvgIpc) is 2.90. The predicted octanol–water partition coefficient (Wildman–Crippen LogP) is 8.59. The van der Waals surface area contributed by atoms with Gasteiger partial charge in [-0.1, -0.05) is 42.5 Å². The van der Waals surface area contributed by atoms with Gasteiger partial charge in [0.2, 0.25) is 11.6 Å². The summed E-state index contributed by atoms with van der Waals surface area (Å²) in [4.78, 5) is 0. The lowest BCUT2D eigenvalue weighted by molar-refractivity contribution is 0.334. The van der Waals surface area contributed by atoms with Crippen LogP contribution in [0, 0.1) is 52.4 Å². The van der Waals surface area contributed by atoms with Gasteiger partial charge in [-0.15, -0.1) is 0 Å². The third-order valence-electron chi connectivity index (χ3n) is 6.04. The van der Waals surface area contributed by atoms with Crippen LogP contribution in [0.2, 0.25) is 0 Å². The van der Waals surface area contributed by atoms with Crippen molar-refractivity contribution in [1.29, 1.82) is 0 Å². The summed E-state index contributed by atoms with van der Waals surface area (Å²) in [5.74, 6) is -19.9. The molecule has 5 aromatic rings. The fourth-order valence-corrected chi connectivity index (χ4v) is 4.51. The molecule has 5 rings (SSSR count). The van der Waals surface area contributed by atoms with Gasteiger partial charge in [-0.3, -0.25) is 0 Å². The highest BCUT2D eigenvalue weighted by atomic mass is 19.2. The van der Waals surface area contributed by atoms with Gasteiger partial charge in [0.25, 0.3) is 0 Å². The van der Waals surface area contributed by atoms with Crippen LogP contribution in [0.5, 0.6) is 5.75 Å². The second-order valence-corrected chi connectivity index (χ2v) is 7.95. The summed E-state index contributed by atoms with van der Waals surface area (Å²) >= 11 is 0. The van der Waals surface area contributed by atoms with E-state index in [0.717, 1.165) is 18.2 Å². The van der Waals surface area contributed by atoms with E-state index in [-0.39, 0.29) is 16.5 Å². The minimum atomic E-state index is -2.38. The van der Waals surface area contributed by atoms with E-state index in [4.69, 9.17) is 0 Å². The molecule has 0 amide bonds. The van der Waals surface area contributed by atoms with Gasteiger partial charge in [0.15, 0.2) is 40.7 Å². The highest BCUT2D eigenvalue weighted by molar-refractivity contribution is 6.22. The van der Waals surface area contributed by atoms with Crippen molar-refractivity contribution in [2.75, 3.05) is 7.11 Å². The van der Waals surface area contributed by atoms with Crippen LogP contribution in [0.3, 0.4) is 0 Å². The zero-order chi connectivity index (χ0) is 26.8. The van der Waals surface area contributed by atoms with Gasteiger partial charge in [-0.25, -0.2) is 30.7 Å². The van der Waals surface area contributed by atoms with Crippen LogP contribution >= 0.6 is 0 Å². The van der Waals surface area contributed by atoms with E-state index in [1.165, 1.54) is 24.3 Å². The quantitative estimate of drug-likeness (QED) is 0.0998. The molecule has 0 heterocycles. The molecule has 0 aromatic heterocycles. The van der Waals surface area contributed by atoms with Crippen LogP contribution < -0.4 is 4.74 Å². The minimum absolute atomic E-state index is 0.0759. The first-order chi connectivity index (χ1) is 17.6. The van der Waals surface area contributed by atoms with Crippen molar-refractivity contribution < 1.29 is 44.3 Å². The number of halogens is 9. The molecule has 0 fully saturated rings. The molecule has 5 aromatic carbocycles. The molecule has 0 radical (unpaired) electrons. The van der Waals surface area contributed by atoms with Crippen LogP contribution in [-0.4, -0.2) is 7.11 Å². The number of rotatable bonds is 3. The second kappa shape index (κ2) is 8.72. The Morgan fingerprint density at radius 1 is 0.459 bits per heavy atom. The third kappa shape index (κ3) is 3.35. The molecule has 1 nitrogen and oxygen atoms in total. The minimum Gasteiger partial charge on any atom is -0.491 e. The Bertz CT molecular complexity index is 1720. The summed E-state index contributed by atoms with van der Waals surface area (Å²) in [5.41, 5.74) is -3.19. The van der Waals surface area contributed by atoms with E-state index in [2.05, 4.69) is 4.74 Å². The standard InChI is InChI=1S/C27H11F9O/c1-37-27-25(35)21(31)18(22(32)26(27)36)15-14-11(8-5-9-12(14)28)13(10-6-3-2-4-7-10)16-17(15)20(30)24(34)23(33)19(16)29/h2-9H,1H3. The molecule has 37 heavy (non-hydrogen) atoms. The fourth-order valence-electron chi connectivity index (χ4n) is 4.51. The van der Waals surface area contributed by atoms with Crippen molar-refractivity contribution in [2.45, 2.75) is 0 Å². The van der Waals surface area contributed by atoms with Gasteiger partial charge in [-0.2, -0.15) is 8.78 Å². The molecule has 188 valence electrons. The second-order valence-electron chi connectivity index (χ2n) is 7.95. The lowest BCUT2D eigenvalue weighted by Crippen LogP contribution is -2.07. The van der Waals surface area contributed by atoms with Crippen molar-refractivity contribution in [3.8, 4) is 28.0 Å². The number of benzene rings is 5. The smallest absolute Gasteiger partial charge is 0.204 e. The fraction of sp³-hybridized carbons (Fsp3) is 0.0370. The van der Waals surface area contributed by atoms with Gasteiger partial charge < -0.3 is 4.74 Å². The van der Waals surface area contributed by atoms with E-state index in [1.807, 2.05) is 0 Å². The monoisotopic (exact) mass is 522 g/mol. The van der Waals surface area contributed by atoms with Crippen molar-refractivity contribution >= 4 is 21.5 Å². The van der Waals surface area contributed by atoms with E-state index < -0.39 is 85.4 Å². The van der Waals surface area contributed by atoms with Gasteiger partial charge >= 0.3 is 0 Å². The van der Waals surface area contributed by atoms with E-state index >= 15 is 22.0 Å². The molecule has 0 aliphatic carbocycles. The Kier molecular flexibility index (Phi) is 5.77. The molecular formula is C27H11F9O. The summed E-state index contributed by atoms with van der Waals surface area (Å²) in [6, 6.07) is 10.3. The normalized spacial score (nSPS) is 11.5. The molecule has 0 unspecified atom stereocenters.